The molecule has 1 amide bonds. The fourth-order valence-corrected chi connectivity index (χ4v) is 1.34. The summed E-state index contributed by atoms with van der Waals surface area (Å²) in [4.78, 5) is 11.8. The van der Waals surface area contributed by atoms with Crippen molar-refractivity contribution in [1.29, 1.82) is 0 Å². The Morgan fingerprint density at radius 1 is 1.42 bits per heavy atom. The Bertz CT molecular complexity index is 405. The molecule has 0 bridgehead atoms. The third-order valence-electron chi connectivity index (χ3n) is 2.15. The first-order valence-electron chi connectivity index (χ1n) is 5.58. The molecule has 0 radical (unpaired) electrons. The van der Waals surface area contributed by atoms with E-state index in [1.807, 2.05) is 0 Å². The van der Waals surface area contributed by atoms with E-state index in [-0.39, 0.29) is 24.6 Å². The van der Waals surface area contributed by atoms with Gasteiger partial charge in [0.15, 0.2) is 0 Å². The lowest BCUT2D eigenvalue weighted by molar-refractivity contribution is 0.0932. The van der Waals surface area contributed by atoms with Gasteiger partial charge in [0.2, 0.25) is 0 Å². The first kappa shape index (κ1) is 17.6. The number of hydrogen-bond acceptors (Lipinski definition) is 4. The zero-order valence-corrected chi connectivity index (χ0v) is 11.5. The second-order valence-electron chi connectivity index (χ2n) is 3.53. The molecule has 0 aliphatic carbocycles. The van der Waals surface area contributed by atoms with Crippen LogP contribution in [0.4, 0.5) is 4.39 Å². The predicted molar refractivity (Wildman–Crippen MR) is 72.4 cm³/mol. The topological polar surface area (TPSA) is 73.6 Å². The molecule has 0 atom stereocenters. The average molecular weight is 293 g/mol. The van der Waals surface area contributed by atoms with E-state index >= 15 is 0 Å². The molecule has 0 aromatic heterocycles. The van der Waals surface area contributed by atoms with Crippen LogP contribution in [0.1, 0.15) is 10.4 Å². The first-order chi connectivity index (χ1) is 8.69. The van der Waals surface area contributed by atoms with Crippen LogP contribution in [-0.2, 0) is 4.74 Å². The van der Waals surface area contributed by atoms with Gasteiger partial charge in [-0.15, -0.1) is 12.4 Å². The Kier molecular flexibility index (Phi) is 8.86. The van der Waals surface area contributed by atoms with Crippen molar-refractivity contribution in [3.8, 4) is 5.75 Å². The van der Waals surface area contributed by atoms with Crippen LogP contribution in [0.2, 0.25) is 0 Å². The summed E-state index contributed by atoms with van der Waals surface area (Å²) in [6.07, 6.45) is 0. The molecule has 0 aliphatic rings. The Labute approximate surface area is 117 Å². The van der Waals surface area contributed by atoms with Crippen LogP contribution in [0.15, 0.2) is 18.2 Å². The van der Waals surface area contributed by atoms with Crippen molar-refractivity contribution in [2.75, 3.05) is 33.4 Å². The highest BCUT2D eigenvalue weighted by molar-refractivity contribution is 5.96. The van der Waals surface area contributed by atoms with Gasteiger partial charge in [-0.2, -0.15) is 0 Å². The van der Waals surface area contributed by atoms with Crippen molar-refractivity contribution < 1.29 is 18.7 Å². The molecule has 0 saturated carbocycles. The molecule has 1 rings (SSSR count). The number of nitrogens with two attached hydrogens (primary N) is 1. The molecular formula is C12H18ClFN2O3. The van der Waals surface area contributed by atoms with Crippen molar-refractivity contribution in [3.05, 3.63) is 29.6 Å². The van der Waals surface area contributed by atoms with E-state index in [1.54, 1.807) is 0 Å². The number of hydrogen-bond donors (Lipinski definition) is 2. The van der Waals surface area contributed by atoms with Gasteiger partial charge in [-0.3, -0.25) is 4.79 Å². The van der Waals surface area contributed by atoms with Gasteiger partial charge in [-0.05, 0) is 18.2 Å². The van der Waals surface area contributed by atoms with Crippen molar-refractivity contribution in [2.45, 2.75) is 0 Å². The van der Waals surface area contributed by atoms with Gasteiger partial charge in [-0.1, -0.05) is 0 Å². The molecule has 0 aliphatic heterocycles. The molecule has 3 N–H and O–H groups in total. The average Bonchev–Trinajstić information content (AvgIpc) is 2.37. The van der Waals surface area contributed by atoms with Crippen molar-refractivity contribution in [1.82, 2.24) is 5.32 Å². The third-order valence-corrected chi connectivity index (χ3v) is 2.15. The van der Waals surface area contributed by atoms with Gasteiger partial charge in [0.05, 0.1) is 12.2 Å². The monoisotopic (exact) mass is 292 g/mol. The SMILES string of the molecule is COCCNC(=O)c1cc(F)ccc1OCCN.Cl. The summed E-state index contributed by atoms with van der Waals surface area (Å²) in [5.74, 6) is -0.581. The summed E-state index contributed by atoms with van der Waals surface area (Å²) < 4.78 is 23.2. The van der Waals surface area contributed by atoms with Crippen LogP contribution in [-0.4, -0.2) is 39.3 Å². The minimum atomic E-state index is -0.494. The van der Waals surface area contributed by atoms with E-state index in [2.05, 4.69) is 5.32 Å². The Balaban J connectivity index is 0.00000324. The molecule has 5 nitrogen and oxygen atoms in total. The van der Waals surface area contributed by atoms with Crippen molar-refractivity contribution in [3.63, 3.8) is 0 Å². The van der Waals surface area contributed by atoms with E-state index in [4.69, 9.17) is 15.2 Å². The molecule has 7 heteroatoms. The van der Waals surface area contributed by atoms with Gasteiger partial charge in [0, 0.05) is 20.2 Å². The number of ether oxygens (including phenoxy) is 2. The third kappa shape index (κ3) is 5.87. The van der Waals surface area contributed by atoms with Gasteiger partial charge < -0.3 is 20.5 Å². The highest BCUT2D eigenvalue weighted by atomic mass is 35.5. The van der Waals surface area contributed by atoms with E-state index in [1.165, 1.54) is 19.2 Å². The summed E-state index contributed by atoms with van der Waals surface area (Å²) in [7, 11) is 1.53. The largest absolute Gasteiger partial charge is 0.491 e. The Morgan fingerprint density at radius 2 is 2.16 bits per heavy atom. The molecular weight excluding hydrogens is 275 g/mol. The summed E-state index contributed by atoms with van der Waals surface area (Å²) >= 11 is 0. The van der Waals surface area contributed by atoms with Crippen molar-refractivity contribution in [2.24, 2.45) is 5.73 Å². The highest BCUT2D eigenvalue weighted by Crippen LogP contribution is 2.19. The maximum Gasteiger partial charge on any atom is 0.255 e. The summed E-state index contributed by atoms with van der Waals surface area (Å²) in [5, 5.41) is 2.60. The van der Waals surface area contributed by atoms with Crippen LogP contribution in [0.5, 0.6) is 5.75 Å². The number of amides is 1. The number of benzene rings is 1. The second kappa shape index (κ2) is 9.55. The number of carbonyl (C=O) groups excluding carboxylic acids is 1. The van der Waals surface area contributed by atoms with Crippen LogP contribution >= 0.6 is 12.4 Å². The fraction of sp³-hybridized carbons (Fsp3) is 0.417. The van der Waals surface area contributed by atoms with Gasteiger partial charge in [0.1, 0.15) is 18.2 Å². The smallest absolute Gasteiger partial charge is 0.255 e. The molecule has 0 heterocycles. The molecule has 1 aromatic rings. The lowest BCUT2D eigenvalue weighted by atomic mass is 10.2. The zero-order chi connectivity index (χ0) is 13.4. The van der Waals surface area contributed by atoms with Crippen LogP contribution in [0.25, 0.3) is 0 Å². The van der Waals surface area contributed by atoms with Crippen LogP contribution < -0.4 is 15.8 Å². The molecule has 108 valence electrons. The normalized spacial score (nSPS) is 9.63. The summed E-state index contributed by atoms with van der Waals surface area (Å²) in [6, 6.07) is 3.78. The number of methoxy groups -OCH3 is 1. The molecule has 0 unspecified atom stereocenters. The Morgan fingerprint density at radius 3 is 2.79 bits per heavy atom. The lowest BCUT2D eigenvalue weighted by Crippen LogP contribution is -2.27. The van der Waals surface area contributed by atoms with E-state index < -0.39 is 11.7 Å². The Hall–Kier alpha value is -1.37. The number of rotatable bonds is 7. The summed E-state index contributed by atoms with van der Waals surface area (Å²) in [6.45, 7) is 1.33. The van der Waals surface area contributed by atoms with E-state index in [0.717, 1.165) is 6.07 Å². The van der Waals surface area contributed by atoms with Crippen LogP contribution in [0.3, 0.4) is 0 Å². The second-order valence-corrected chi connectivity index (χ2v) is 3.53. The number of carbonyl (C=O) groups is 1. The minimum absolute atomic E-state index is 0. The molecule has 1 aromatic carbocycles. The quantitative estimate of drug-likeness (QED) is 0.734. The molecule has 19 heavy (non-hydrogen) atoms. The molecule has 0 spiro atoms. The lowest BCUT2D eigenvalue weighted by Gasteiger charge is -2.11. The number of nitrogens with one attached hydrogen (secondary N) is 1. The predicted octanol–water partition coefficient (Wildman–Crippen LogP) is 0.961. The zero-order valence-electron chi connectivity index (χ0n) is 10.6. The van der Waals surface area contributed by atoms with Crippen molar-refractivity contribution >= 4 is 18.3 Å². The van der Waals surface area contributed by atoms with E-state index in [9.17, 15) is 9.18 Å². The minimum Gasteiger partial charge on any atom is -0.491 e. The van der Waals surface area contributed by atoms with E-state index in [0.29, 0.717) is 25.4 Å². The van der Waals surface area contributed by atoms with Crippen LogP contribution in [0, 0.1) is 5.82 Å². The molecule has 0 saturated heterocycles. The van der Waals surface area contributed by atoms with Gasteiger partial charge in [0.25, 0.3) is 5.91 Å². The standard InChI is InChI=1S/C12H17FN2O3.ClH/c1-17-7-5-15-12(16)10-8-9(13)2-3-11(10)18-6-4-14;/h2-3,8H,4-7,14H2,1H3,(H,15,16);1H. The first-order valence-corrected chi connectivity index (χ1v) is 5.58. The maximum atomic E-state index is 13.1. The summed E-state index contributed by atoms with van der Waals surface area (Å²) in [5.41, 5.74) is 5.47. The van der Waals surface area contributed by atoms with Gasteiger partial charge in [-0.25, -0.2) is 4.39 Å². The molecule has 0 fully saturated rings. The fourth-order valence-electron chi connectivity index (χ4n) is 1.34. The number of halogens is 2. The highest BCUT2D eigenvalue weighted by Gasteiger charge is 2.13. The van der Waals surface area contributed by atoms with Gasteiger partial charge >= 0.3 is 0 Å². The maximum absolute atomic E-state index is 13.1.